The zero-order chi connectivity index (χ0) is 27.4. The van der Waals surface area contributed by atoms with E-state index in [-0.39, 0.29) is 44.7 Å². The summed E-state index contributed by atoms with van der Waals surface area (Å²) in [7, 11) is 1.31. The van der Waals surface area contributed by atoms with Gasteiger partial charge in [-0.3, -0.25) is 18.9 Å². The fourth-order valence-electron chi connectivity index (χ4n) is 4.20. The highest BCUT2D eigenvalue weighted by Gasteiger charge is 2.51. The number of methoxy groups -OCH3 is 1. The third-order valence-electron chi connectivity index (χ3n) is 6.50. The molecule has 1 aromatic carbocycles. The van der Waals surface area contributed by atoms with Crippen LogP contribution in [0.1, 0.15) is 38.8 Å². The van der Waals surface area contributed by atoms with Crippen LogP contribution in [0, 0.1) is 17.1 Å². The molecule has 0 N–H and O–H groups in total. The highest BCUT2D eigenvalue weighted by molar-refractivity contribution is 7.81. The van der Waals surface area contributed by atoms with Crippen LogP contribution in [0.3, 0.4) is 0 Å². The van der Waals surface area contributed by atoms with Crippen molar-refractivity contribution in [3.05, 3.63) is 76.0 Å². The van der Waals surface area contributed by atoms with E-state index in [1.54, 1.807) is 13.8 Å². The van der Waals surface area contributed by atoms with E-state index in [4.69, 9.17) is 17.0 Å². The highest BCUT2D eigenvalue weighted by atomic mass is 32.1. The van der Waals surface area contributed by atoms with Crippen molar-refractivity contribution in [3.8, 4) is 11.9 Å². The summed E-state index contributed by atoms with van der Waals surface area (Å²) in [6, 6.07) is 8.48. The number of alkyl halides is 1. The quantitative estimate of drug-likeness (QED) is 0.362. The number of hydrogen-bond acceptors (Lipinski definition) is 6. The lowest BCUT2D eigenvalue weighted by atomic mass is 9.88. The Morgan fingerprint density at radius 1 is 1.24 bits per heavy atom. The molecule has 0 aliphatic carbocycles. The van der Waals surface area contributed by atoms with Crippen molar-refractivity contribution in [1.29, 1.82) is 5.26 Å². The molecule has 1 unspecified atom stereocenters. The summed E-state index contributed by atoms with van der Waals surface area (Å²) in [6.07, 6.45) is 1.34. The Morgan fingerprint density at radius 2 is 1.92 bits per heavy atom. The fraction of sp³-hybridized carbons (Fsp3) is 0.269. The van der Waals surface area contributed by atoms with E-state index in [2.05, 4.69) is 11.6 Å². The number of pyridine rings is 1. The van der Waals surface area contributed by atoms with Crippen molar-refractivity contribution < 1.29 is 18.3 Å². The van der Waals surface area contributed by atoms with Gasteiger partial charge in [0, 0.05) is 17.8 Å². The van der Waals surface area contributed by atoms with E-state index in [0.29, 0.717) is 0 Å². The SMILES string of the molecule is C=C(C)C(C)(F)c1cc(N2C(=O)C(C)(C)N(c3cc(F)c4nc(OC)cc(=O)n4c3)C2=S)ccc1C#N. The molecule has 1 atom stereocenters. The van der Waals surface area contributed by atoms with Gasteiger partial charge in [0.25, 0.3) is 11.5 Å². The number of aromatic nitrogens is 2. The molecule has 37 heavy (non-hydrogen) atoms. The predicted octanol–water partition coefficient (Wildman–Crippen LogP) is 4.39. The van der Waals surface area contributed by atoms with Gasteiger partial charge in [-0.2, -0.15) is 10.2 Å². The zero-order valence-electron chi connectivity index (χ0n) is 20.8. The lowest BCUT2D eigenvalue weighted by Crippen LogP contribution is -2.44. The molecule has 3 aromatic rings. The fourth-order valence-corrected chi connectivity index (χ4v) is 4.72. The van der Waals surface area contributed by atoms with E-state index < -0.39 is 28.5 Å². The number of rotatable bonds is 5. The molecule has 0 spiro atoms. The molecule has 3 heterocycles. The minimum Gasteiger partial charge on any atom is -0.481 e. The molecule has 1 aliphatic heterocycles. The number of nitriles is 1. The summed E-state index contributed by atoms with van der Waals surface area (Å²) < 4.78 is 36.6. The number of hydrogen-bond donors (Lipinski definition) is 0. The monoisotopic (exact) mass is 523 g/mol. The lowest BCUT2D eigenvalue weighted by molar-refractivity contribution is -0.120. The van der Waals surface area contributed by atoms with Crippen LogP contribution in [0.4, 0.5) is 20.2 Å². The van der Waals surface area contributed by atoms with Crippen LogP contribution in [0.2, 0.25) is 0 Å². The van der Waals surface area contributed by atoms with Gasteiger partial charge in [-0.05, 0) is 63.7 Å². The summed E-state index contributed by atoms with van der Waals surface area (Å²) >= 11 is 5.65. The summed E-state index contributed by atoms with van der Waals surface area (Å²) in [5, 5.41) is 9.51. The van der Waals surface area contributed by atoms with Crippen LogP contribution in [0.25, 0.3) is 5.65 Å². The van der Waals surface area contributed by atoms with Crippen molar-refractivity contribution in [3.63, 3.8) is 0 Å². The first-order chi connectivity index (χ1) is 17.2. The molecule has 0 saturated carbocycles. The van der Waals surface area contributed by atoms with Gasteiger partial charge in [0.2, 0.25) is 5.88 Å². The second-order valence-electron chi connectivity index (χ2n) is 9.32. The third kappa shape index (κ3) is 3.94. The largest absolute Gasteiger partial charge is 0.481 e. The number of allylic oxidation sites excluding steroid dienone is 1. The lowest BCUT2D eigenvalue weighted by Gasteiger charge is -2.29. The van der Waals surface area contributed by atoms with Gasteiger partial charge in [0.05, 0.1) is 36.2 Å². The Morgan fingerprint density at radius 3 is 2.51 bits per heavy atom. The Hall–Kier alpha value is -4.17. The van der Waals surface area contributed by atoms with E-state index in [1.807, 2.05) is 6.07 Å². The minimum absolute atomic E-state index is 0.0187. The first-order valence-corrected chi connectivity index (χ1v) is 11.5. The molecule has 1 fully saturated rings. The first-order valence-electron chi connectivity index (χ1n) is 11.1. The van der Waals surface area contributed by atoms with Gasteiger partial charge in [-0.25, -0.2) is 8.78 Å². The normalized spacial score (nSPS) is 16.6. The van der Waals surface area contributed by atoms with E-state index in [0.717, 1.165) is 16.5 Å². The average molecular weight is 524 g/mol. The molecule has 190 valence electrons. The van der Waals surface area contributed by atoms with Crippen LogP contribution in [0.15, 0.2) is 53.5 Å². The average Bonchev–Trinajstić information content (AvgIpc) is 3.02. The molecule has 1 amide bonds. The van der Waals surface area contributed by atoms with Crippen molar-refractivity contribution in [1.82, 2.24) is 9.38 Å². The van der Waals surface area contributed by atoms with Crippen molar-refractivity contribution in [2.45, 2.75) is 38.9 Å². The van der Waals surface area contributed by atoms with Crippen LogP contribution >= 0.6 is 12.2 Å². The summed E-state index contributed by atoms with van der Waals surface area (Å²) in [4.78, 5) is 32.8. The van der Waals surface area contributed by atoms with Gasteiger partial charge >= 0.3 is 0 Å². The number of anilines is 2. The number of carbonyl (C=O) groups is 1. The van der Waals surface area contributed by atoms with Gasteiger partial charge in [-0.15, -0.1) is 0 Å². The van der Waals surface area contributed by atoms with Crippen LogP contribution in [0.5, 0.6) is 5.88 Å². The number of nitrogens with zero attached hydrogens (tertiary/aromatic N) is 5. The van der Waals surface area contributed by atoms with Gasteiger partial charge in [-0.1, -0.05) is 6.58 Å². The van der Waals surface area contributed by atoms with Gasteiger partial charge in [0.15, 0.2) is 22.2 Å². The number of amides is 1. The number of halogens is 2. The maximum absolute atomic E-state index is 15.5. The second-order valence-corrected chi connectivity index (χ2v) is 9.68. The Balaban J connectivity index is 1.87. The first kappa shape index (κ1) is 25.9. The molecular weight excluding hydrogens is 500 g/mol. The van der Waals surface area contributed by atoms with Gasteiger partial charge in [0.1, 0.15) is 5.54 Å². The molecule has 8 nitrogen and oxygen atoms in total. The molecule has 1 aliphatic rings. The van der Waals surface area contributed by atoms with Crippen molar-refractivity contribution in [2.75, 3.05) is 16.9 Å². The Kier molecular flexibility index (Phi) is 6.12. The maximum atomic E-state index is 15.5. The molecule has 0 radical (unpaired) electrons. The predicted molar refractivity (Wildman–Crippen MR) is 139 cm³/mol. The summed E-state index contributed by atoms with van der Waals surface area (Å²) in [5.41, 5.74) is -3.52. The number of fused-ring (bicyclic) bond motifs is 1. The Bertz CT molecular complexity index is 1610. The highest BCUT2D eigenvalue weighted by Crippen LogP contribution is 2.40. The van der Waals surface area contributed by atoms with Crippen LogP contribution in [-0.2, 0) is 10.5 Å². The standard InChI is InChI=1S/C26H23F2N5O3S/c1-14(2)26(5,28)18-9-16(8-7-15(18)12-29)32-23(35)25(3,4)33(24(32)37)17-10-19(27)22-30-20(36-6)11-21(34)31(22)13-17/h7-11,13H,1H2,2-6H3. The number of benzene rings is 1. The van der Waals surface area contributed by atoms with E-state index >= 15 is 8.78 Å². The van der Waals surface area contributed by atoms with Crippen LogP contribution < -0.4 is 20.1 Å². The molecular formula is C26H23F2N5O3S. The Labute approximate surface area is 217 Å². The topological polar surface area (TPSA) is 90.9 Å². The van der Waals surface area contributed by atoms with E-state index in [1.165, 1.54) is 55.2 Å². The number of ether oxygens (including phenoxy) is 1. The van der Waals surface area contributed by atoms with Crippen molar-refractivity contribution >= 4 is 40.3 Å². The molecule has 4 rings (SSSR count). The maximum Gasteiger partial charge on any atom is 0.261 e. The number of thiocarbonyl (C=S) groups is 1. The zero-order valence-corrected chi connectivity index (χ0v) is 21.6. The molecule has 0 bridgehead atoms. The van der Waals surface area contributed by atoms with E-state index in [9.17, 15) is 14.9 Å². The summed E-state index contributed by atoms with van der Waals surface area (Å²) in [5.74, 6) is -1.33. The van der Waals surface area contributed by atoms with Crippen LogP contribution in [-0.4, -0.2) is 33.1 Å². The molecule has 11 heteroatoms. The van der Waals surface area contributed by atoms with Gasteiger partial charge < -0.3 is 9.64 Å². The second kappa shape index (κ2) is 8.74. The minimum atomic E-state index is -2.04. The smallest absolute Gasteiger partial charge is 0.261 e. The summed E-state index contributed by atoms with van der Waals surface area (Å²) in [6.45, 7) is 9.66. The molecule has 2 aromatic heterocycles. The molecule has 1 saturated heterocycles. The number of carbonyl (C=O) groups excluding carboxylic acids is 1. The van der Waals surface area contributed by atoms with Crippen molar-refractivity contribution in [2.24, 2.45) is 0 Å². The third-order valence-corrected chi connectivity index (χ3v) is 6.87.